The van der Waals surface area contributed by atoms with Gasteiger partial charge < -0.3 is 5.32 Å². The average Bonchev–Trinajstić information content (AvgIpc) is 3.23. The zero-order valence-electron chi connectivity index (χ0n) is 13.5. The van der Waals surface area contributed by atoms with E-state index in [4.69, 9.17) is 11.6 Å². The van der Waals surface area contributed by atoms with Crippen molar-refractivity contribution in [2.24, 2.45) is 0 Å². The Labute approximate surface area is 164 Å². The van der Waals surface area contributed by atoms with Crippen LogP contribution in [0.1, 0.15) is 12.0 Å². The molecule has 136 valence electrons. The molecule has 0 unspecified atom stereocenters. The first-order chi connectivity index (χ1) is 12.4. The van der Waals surface area contributed by atoms with Crippen LogP contribution >= 0.6 is 34.3 Å². The molecule has 0 bridgehead atoms. The number of rotatable bonds is 7. The molecule has 0 radical (unpaired) electrons. The molecule has 0 fully saturated rings. The molecule has 5 nitrogen and oxygen atoms in total. The van der Waals surface area contributed by atoms with Gasteiger partial charge in [0.25, 0.3) is 0 Å². The highest BCUT2D eigenvalue weighted by molar-refractivity contribution is 7.90. The van der Waals surface area contributed by atoms with Crippen LogP contribution in [0.15, 0.2) is 47.8 Å². The van der Waals surface area contributed by atoms with Gasteiger partial charge >= 0.3 is 0 Å². The lowest BCUT2D eigenvalue weighted by atomic mass is 10.2. The lowest BCUT2D eigenvalue weighted by Gasteiger charge is -2.05. The van der Waals surface area contributed by atoms with Gasteiger partial charge in [-0.25, -0.2) is 13.4 Å². The second-order valence-electron chi connectivity index (χ2n) is 5.52. The molecule has 0 saturated carbocycles. The topological polar surface area (TPSA) is 76.1 Å². The summed E-state index contributed by atoms with van der Waals surface area (Å²) in [6, 6.07) is 12.6. The van der Waals surface area contributed by atoms with Crippen molar-refractivity contribution in [3.05, 3.63) is 57.7 Å². The Balaban J connectivity index is 1.53. The van der Waals surface area contributed by atoms with Crippen LogP contribution in [0.2, 0.25) is 4.34 Å². The number of halogens is 1. The molecular weight excluding hydrogens is 412 g/mol. The van der Waals surface area contributed by atoms with Crippen molar-refractivity contribution in [1.29, 1.82) is 0 Å². The fraction of sp³-hybridized carbons (Fsp3) is 0.176. The van der Waals surface area contributed by atoms with Crippen LogP contribution in [0, 0.1) is 0 Å². The number of hydrogen-bond donors (Lipinski definition) is 1. The predicted octanol–water partition coefficient (Wildman–Crippen LogP) is 4.47. The lowest BCUT2D eigenvalue weighted by molar-refractivity contribution is -0.115. The summed E-state index contributed by atoms with van der Waals surface area (Å²) in [5.41, 5.74) is 1.45. The maximum atomic E-state index is 12.1. The fourth-order valence-electron chi connectivity index (χ4n) is 2.23. The maximum absolute atomic E-state index is 12.1. The first kappa shape index (κ1) is 19.0. The van der Waals surface area contributed by atoms with Gasteiger partial charge in [-0.05, 0) is 17.7 Å². The van der Waals surface area contributed by atoms with E-state index in [2.05, 4.69) is 10.3 Å². The van der Waals surface area contributed by atoms with Gasteiger partial charge in [-0.2, -0.15) is 0 Å². The maximum Gasteiger partial charge on any atom is 0.227 e. The highest BCUT2D eigenvalue weighted by atomic mass is 35.5. The number of amides is 1. The third-order valence-electron chi connectivity index (χ3n) is 3.45. The van der Waals surface area contributed by atoms with Gasteiger partial charge in [0.15, 0.2) is 15.0 Å². The summed E-state index contributed by atoms with van der Waals surface area (Å²) in [6.45, 7) is 0. The summed E-state index contributed by atoms with van der Waals surface area (Å²) in [5, 5.41) is 4.91. The number of nitrogens with one attached hydrogen (secondary N) is 1. The van der Waals surface area contributed by atoms with Crippen LogP contribution in [0.25, 0.3) is 10.6 Å². The summed E-state index contributed by atoms with van der Waals surface area (Å²) in [4.78, 5) is 17.3. The Bertz CT molecular complexity index is 997. The van der Waals surface area contributed by atoms with Crippen molar-refractivity contribution < 1.29 is 13.2 Å². The van der Waals surface area contributed by atoms with E-state index in [9.17, 15) is 13.2 Å². The minimum absolute atomic E-state index is 0.0678. The van der Waals surface area contributed by atoms with Gasteiger partial charge in [-0.15, -0.1) is 22.7 Å². The summed E-state index contributed by atoms with van der Waals surface area (Å²) >= 11 is 8.61. The first-order valence-electron chi connectivity index (χ1n) is 7.67. The molecule has 0 saturated heterocycles. The summed E-state index contributed by atoms with van der Waals surface area (Å²) in [5.74, 6) is -0.638. The zero-order valence-corrected chi connectivity index (χ0v) is 16.7. The Morgan fingerprint density at radius 3 is 2.62 bits per heavy atom. The summed E-state index contributed by atoms with van der Waals surface area (Å²) in [7, 11) is -3.35. The molecule has 1 N–H and O–H groups in total. The quantitative estimate of drug-likeness (QED) is 0.604. The van der Waals surface area contributed by atoms with Gasteiger partial charge in [0.05, 0.1) is 26.4 Å². The van der Waals surface area contributed by atoms with Crippen molar-refractivity contribution in [2.45, 2.75) is 12.2 Å². The minimum atomic E-state index is -3.35. The SMILES string of the molecule is O=C(CCS(=O)(=O)Cc1ccccc1)Nc1nc(-c2ccc(Cl)s2)cs1. The van der Waals surface area contributed by atoms with E-state index in [-0.39, 0.29) is 23.8 Å². The molecule has 2 heterocycles. The van der Waals surface area contributed by atoms with Gasteiger partial charge in [-0.3, -0.25) is 4.79 Å². The van der Waals surface area contributed by atoms with Gasteiger partial charge in [0.2, 0.25) is 5.91 Å². The molecule has 0 spiro atoms. The Morgan fingerprint density at radius 2 is 1.92 bits per heavy atom. The van der Waals surface area contributed by atoms with E-state index < -0.39 is 9.84 Å². The Hall–Kier alpha value is -1.74. The highest BCUT2D eigenvalue weighted by Gasteiger charge is 2.16. The summed E-state index contributed by atoms with van der Waals surface area (Å²) in [6.07, 6.45) is -0.102. The largest absolute Gasteiger partial charge is 0.302 e. The molecule has 1 aromatic carbocycles. The molecule has 26 heavy (non-hydrogen) atoms. The lowest BCUT2D eigenvalue weighted by Crippen LogP contribution is -2.18. The Kier molecular flexibility index (Phi) is 6.08. The Morgan fingerprint density at radius 1 is 1.15 bits per heavy atom. The van der Waals surface area contributed by atoms with E-state index in [0.717, 1.165) is 10.6 Å². The third kappa shape index (κ3) is 5.38. The van der Waals surface area contributed by atoms with E-state index in [1.54, 1.807) is 30.3 Å². The smallest absolute Gasteiger partial charge is 0.227 e. The monoisotopic (exact) mass is 426 g/mol. The number of aromatic nitrogens is 1. The number of carbonyl (C=O) groups is 1. The molecule has 0 aliphatic carbocycles. The van der Waals surface area contributed by atoms with Crippen molar-refractivity contribution in [2.75, 3.05) is 11.1 Å². The van der Waals surface area contributed by atoms with Crippen LogP contribution in [-0.4, -0.2) is 25.1 Å². The van der Waals surface area contributed by atoms with Gasteiger partial charge in [0, 0.05) is 11.8 Å². The van der Waals surface area contributed by atoms with Crippen LogP contribution in [0.4, 0.5) is 5.13 Å². The standard InChI is InChI=1S/C17H15ClN2O3S3/c18-15-7-6-14(25-15)13-10-24-17(19-13)20-16(21)8-9-26(22,23)11-12-4-2-1-3-5-12/h1-7,10H,8-9,11H2,(H,19,20,21). The van der Waals surface area contributed by atoms with Crippen LogP contribution in [0.5, 0.6) is 0 Å². The number of sulfone groups is 1. The number of anilines is 1. The molecule has 0 atom stereocenters. The normalized spacial score (nSPS) is 11.4. The summed E-state index contributed by atoms with van der Waals surface area (Å²) < 4.78 is 25.0. The number of thiazole rings is 1. The molecule has 3 aromatic rings. The van der Waals surface area contributed by atoms with Crippen molar-refractivity contribution in [3.63, 3.8) is 0 Å². The van der Waals surface area contributed by atoms with E-state index >= 15 is 0 Å². The zero-order chi connectivity index (χ0) is 18.6. The molecule has 1 amide bonds. The molecular formula is C17H15ClN2O3S3. The number of nitrogens with zero attached hydrogens (tertiary/aromatic N) is 1. The predicted molar refractivity (Wildman–Crippen MR) is 108 cm³/mol. The molecule has 9 heteroatoms. The minimum Gasteiger partial charge on any atom is -0.302 e. The van der Waals surface area contributed by atoms with Gasteiger partial charge in [0.1, 0.15) is 0 Å². The molecule has 3 rings (SSSR count). The fourth-order valence-corrected chi connectivity index (χ4v) is 5.37. The van der Waals surface area contributed by atoms with Crippen molar-refractivity contribution in [3.8, 4) is 10.6 Å². The third-order valence-corrected chi connectivity index (χ3v) is 7.06. The average molecular weight is 427 g/mol. The van der Waals surface area contributed by atoms with Crippen molar-refractivity contribution in [1.82, 2.24) is 4.98 Å². The number of benzene rings is 1. The second-order valence-corrected chi connectivity index (χ2v) is 10.3. The molecule has 2 aromatic heterocycles. The van der Waals surface area contributed by atoms with Crippen LogP contribution < -0.4 is 5.32 Å². The van der Waals surface area contributed by atoms with Crippen molar-refractivity contribution >= 4 is 55.2 Å². The number of thiophene rings is 1. The second kappa shape index (κ2) is 8.30. The molecule has 0 aliphatic heterocycles. The van der Waals surface area contributed by atoms with E-state index in [1.807, 2.05) is 17.5 Å². The van der Waals surface area contributed by atoms with Crippen LogP contribution in [-0.2, 0) is 20.4 Å². The highest BCUT2D eigenvalue weighted by Crippen LogP contribution is 2.32. The van der Waals surface area contributed by atoms with E-state index in [1.165, 1.54) is 22.7 Å². The number of carbonyl (C=O) groups excluding carboxylic acids is 1. The van der Waals surface area contributed by atoms with Crippen LogP contribution in [0.3, 0.4) is 0 Å². The molecule has 0 aliphatic rings. The first-order valence-corrected chi connectivity index (χ1v) is 11.6. The number of hydrogen-bond acceptors (Lipinski definition) is 6. The van der Waals surface area contributed by atoms with Gasteiger partial charge in [-0.1, -0.05) is 41.9 Å². The van der Waals surface area contributed by atoms with E-state index in [0.29, 0.717) is 15.0 Å².